The number of likely N-dealkylation sites (N-methyl/N-ethyl adjacent to an activating group) is 1. The lowest BCUT2D eigenvalue weighted by Crippen LogP contribution is -2.46. The highest BCUT2D eigenvalue weighted by atomic mass is 16.5. The fourth-order valence-corrected chi connectivity index (χ4v) is 3.01. The molecular weight excluding hydrogens is 398 g/mol. The summed E-state index contributed by atoms with van der Waals surface area (Å²) >= 11 is 0. The number of hydrogen-bond acceptors (Lipinski definition) is 6. The van der Waals surface area contributed by atoms with Crippen LogP contribution >= 0.6 is 0 Å². The maximum Gasteiger partial charge on any atom is 0.339 e. The van der Waals surface area contributed by atoms with E-state index in [1.54, 1.807) is 56.3 Å². The number of benzene rings is 2. The van der Waals surface area contributed by atoms with E-state index in [0.717, 1.165) is 0 Å². The molecule has 0 aliphatic carbocycles. The van der Waals surface area contributed by atoms with Crippen molar-refractivity contribution in [2.24, 2.45) is 0 Å². The van der Waals surface area contributed by atoms with Gasteiger partial charge in [-0.1, -0.05) is 18.2 Å². The van der Waals surface area contributed by atoms with Gasteiger partial charge in [0, 0.05) is 17.5 Å². The Kier molecular flexibility index (Phi) is 6.81. The number of nitrogens with zero attached hydrogens (tertiary/aromatic N) is 1. The predicted molar refractivity (Wildman–Crippen MR) is 115 cm³/mol. The zero-order chi connectivity index (χ0) is 22.4. The number of rotatable bonds is 7. The van der Waals surface area contributed by atoms with Crippen LogP contribution in [0.1, 0.15) is 24.2 Å². The Morgan fingerprint density at radius 3 is 2.52 bits per heavy atom. The molecule has 0 unspecified atom stereocenters. The Bertz CT molecular complexity index is 1110. The van der Waals surface area contributed by atoms with Gasteiger partial charge in [0.2, 0.25) is 5.91 Å². The Balaban J connectivity index is 1.79. The average Bonchev–Trinajstić information content (AvgIpc) is 2.77. The molecule has 0 radical (unpaired) electrons. The van der Waals surface area contributed by atoms with Crippen LogP contribution in [-0.2, 0) is 14.3 Å². The first-order valence-corrected chi connectivity index (χ1v) is 9.82. The predicted octanol–water partition coefficient (Wildman–Crippen LogP) is 2.41. The molecule has 2 aromatic carbocycles. The van der Waals surface area contributed by atoms with Crippen LogP contribution in [0.3, 0.4) is 0 Å². The van der Waals surface area contributed by atoms with Crippen molar-refractivity contribution < 1.29 is 24.2 Å². The first-order chi connectivity index (χ1) is 14.9. The van der Waals surface area contributed by atoms with Crippen molar-refractivity contribution in [2.75, 3.05) is 13.2 Å². The lowest BCUT2D eigenvalue weighted by molar-refractivity contribution is -0.130. The quantitative estimate of drug-likeness (QED) is 0.504. The minimum absolute atomic E-state index is 0.122. The largest absolute Gasteiger partial charge is 0.508 e. The van der Waals surface area contributed by atoms with Gasteiger partial charge in [0.05, 0.1) is 16.8 Å². The first kappa shape index (κ1) is 21.8. The molecular formula is C23H23N3O5. The summed E-state index contributed by atoms with van der Waals surface area (Å²) in [5.74, 6) is -1.46. The van der Waals surface area contributed by atoms with Crippen molar-refractivity contribution in [1.29, 1.82) is 0 Å². The van der Waals surface area contributed by atoms with E-state index in [9.17, 15) is 19.5 Å². The SMILES string of the molecule is CCNC(=O)[C@@H](C)NC(=O)COC(=O)c1cc(-c2ccc(O)cc2)nc2ccccc12. The van der Waals surface area contributed by atoms with Crippen molar-refractivity contribution in [2.45, 2.75) is 19.9 Å². The molecule has 0 saturated heterocycles. The second-order valence-electron chi connectivity index (χ2n) is 6.88. The maximum atomic E-state index is 12.8. The van der Waals surface area contributed by atoms with E-state index in [-0.39, 0.29) is 17.2 Å². The van der Waals surface area contributed by atoms with Gasteiger partial charge in [-0.2, -0.15) is 0 Å². The van der Waals surface area contributed by atoms with Gasteiger partial charge in [0.15, 0.2) is 6.61 Å². The second-order valence-corrected chi connectivity index (χ2v) is 6.88. The maximum absolute atomic E-state index is 12.8. The van der Waals surface area contributed by atoms with Crippen LogP contribution in [0.4, 0.5) is 0 Å². The molecule has 31 heavy (non-hydrogen) atoms. The molecule has 160 valence electrons. The number of aromatic hydroxyl groups is 1. The van der Waals surface area contributed by atoms with Crippen LogP contribution in [0.2, 0.25) is 0 Å². The van der Waals surface area contributed by atoms with Gasteiger partial charge in [-0.05, 0) is 50.2 Å². The third kappa shape index (κ3) is 5.36. The van der Waals surface area contributed by atoms with Crippen LogP contribution in [0.15, 0.2) is 54.6 Å². The van der Waals surface area contributed by atoms with Crippen molar-refractivity contribution in [3.8, 4) is 17.0 Å². The summed E-state index contributed by atoms with van der Waals surface area (Å²) in [6.07, 6.45) is 0. The van der Waals surface area contributed by atoms with E-state index in [1.165, 1.54) is 12.1 Å². The minimum Gasteiger partial charge on any atom is -0.508 e. The van der Waals surface area contributed by atoms with E-state index in [2.05, 4.69) is 15.6 Å². The molecule has 8 heteroatoms. The van der Waals surface area contributed by atoms with E-state index >= 15 is 0 Å². The van der Waals surface area contributed by atoms with E-state index in [1.807, 2.05) is 0 Å². The number of phenolic OH excluding ortho intramolecular Hbond substituents is 1. The van der Waals surface area contributed by atoms with E-state index in [4.69, 9.17) is 4.74 Å². The average molecular weight is 421 g/mol. The molecule has 3 aromatic rings. The summed E-state index contributed by atoms with van der Waals surface area (Å²) in [5, 5.41) is 15.2. The molecule has 0 saturated carbocycles. The van der Waals surface area contributed by atoms with E-state index < -0.39 is 24.5 Å². The van der Waals surface area contributed by atoms with Gasteiger partial charge in [-0.25, -0.2) is 9.78 Å². The monoisotopic (exact) mass is 421 g/mol. The number of carbonyl (C=O) groups excluding carboxylic acids is 3. The van der Waals surface area contributed by atoms with Gasteiger partial charge >= 0.3 is 5.97 Å². The van der Waals surface area contributed by atoms with Crippen LogP contribution in [0, 0.1) is 0 Å². The molecule has 3 rings (SSSR count). The summed E-state index contributed by atoms with van der Waals surface area (Å²) in [5.41, 5.74) is 2.10. The number of nitrogens with one attached hydrogen (secondary N) is 2. The van der Waals surface area contributed by atoms with Gasteiger partial charge in [-0.3, -0.25) is 9.59 Å². The van der Waals surface area contributed by atoms with Crippen LogP contribution in [-0.4, -0.2) is 47.1 Å². The molecule has 0 bridgehead atoms. The van der Waals surface area contributed by atoms with Crippen molar-refractivity contribution >= 4 is 28.7 Å². The van der Waals surface area contributed by atoms with Gasteiger partial charge in [0.1, 0.15) is 11.8 Å². The molecule has 0 aliphatic rings. The molecule has 3 N–H and O–H groups in total. The molecule has 1 aromatic heterocycles. The lowest BCUT2D eigenvalue weighted by atomic mass is 10.0. The topological polar surface area (TPSA) is 118 Å². The summed E-state index contributed by atoms with van der Waals surface area (Å²) in [4.78, 5) is 41.1. The highest BCUT2D eigenvalue weighted by Crippen LogP contribution is 2.26. The third-order valence-corrected chi connectivity index (χ3v) is 4.56. The molecule has 0 spiro atoms. The standard InChI is InChI=1S/C23H23N3O5/c1-3-24-22(29)14(2)25-21(28)13-31-23(30)18-12-20(15-8-10-16(27)11-9-15)26-19-7-5-4-6-17(18)19/h4-12,14,27H,3,13H2,1-2H3,(H,24,29)(H,25,28)/t14-/m1/s1. The number of phenols is 1. The Hall–Kier alpha value is -3.94. The molecule has 8 nitrogen and oxygen atoms in total. The van der Waals surface area contributed by atoms with Crippen LogP contribution in [0.25, 0.3) is 22.2 Å². The number of hydrogen-bond donors (Lipinski definition) is 3. The molecule has 2 amide bonds. The van der Waals surface area contributed by atoms with Crippen molar-refractivity contribution in [3.05, 3.63) is 60.2 Å². The van der Waals surface area contributed by atoms with Crippen molar-refractivity contribution in [3.63, 3.8) is 0 Å². The highest BCUT2D eigenvalue weighted by molar-refractivity contribution is 6.05. The number of para-hydroxylation sites is 1. The first-order valence-electron chi connectivity index (χ1n) is 9.82. The molecule has 1 atom stereocenters. The third-order valence-electron chi connectivity index (χ3n) is 4.56. The number of esters is 1. The number of fused-ring (bicyclic) bond motifs is 1. The van der Waals surface area contributed by atoms with E-state index in [0.29, 0.717) is 28.7 Å². The zero-order valence-electron chi connectivity index (χ0n) is 17.2. The van der Waals surface area contributed by atoms with Gasteiger partial charge < -0.3 is 20.5 Å². The summed E-state index contributed by atoms with van der Waals surface area (Å²) in [7, 11) is 0. The Morgan fingerprint density at radius 1 is 1.10 bits per heavy atom. The zero-order valence-corrected chi connectivity index (χ0v) is 17.2. The lowest BCUT2D eigenvalue weighted by Gasteiger charge is -2.14. The molecule has 0 fully saturated rings. The Morgan fingerprint density at radius 2 is 1.81 bits per heavy atom. The molecule has 0 aliphatic heterocycles. The van der Waals surface area contributed by atoms with Crippen LogP contribution < -0.4 is 10.6 Å². The normalized spacial score (nSPS) is 11.5. The Labute approximate surface area is 179 Å². The number of carbonyl (C=O) groups is 3. The number of amides is 2. The molecule has 1 heterocycles. The number of pyridine rings is 1. The van der Waals surface area contributed by atoms with Gasteiger partial charge in [-0.15, -0.1) is 0 Å². The summed E-state index contributed by atoms with van der Waals surface area (Å²) in [6.45, 7) is 3.25. The van der Waals surface area contributed by atoms with Gasteiger partial charge in [0.25, 0.3) is 5.91 Å². The number of ether oxygens (including phenoxy) is 1. The smallest absolute Gasteiger partial charge is 0.339 e. The number of aromatic nitrogens is 1. The van der Waals surface area contributed by atoms with Crippen molar-refractivity contribution in [1.82, 2.24) is 15.6 Å². The summed E-state index contributed by atoms with van der Waals surface area (Å²) in [6, 6.07) is 14.4. The summed E-state index contributed by atoms with van der Waals surface area (Å²) < 4.78 is 5.20. The fraction of sp³-hybridized carbons (Fsp3) is 0.217. The highest BCUT2D eigenvalue weighted by Gasteiger charge is 2.19. The fourth-order valence-electron chi connectivity index (χ4n) is 3.01. The minimum atomic E-state index is -0.742. The second kappa shape index (κ2) is 9.71. The van der Waals surface area contributed by atoms with Crippen LogP contribution in [0.5, 0.6) is 5.75 Å².